The Labute approximate surface area is 197 Å². The largest absolute Gasteiger partial charge is 0.483 e. The molecule has 4 rings (SSSR count). The summed E-state index contributed by atoms with van der Waals surface area (Å²) in [6, 6.07) is 9.08. The average molecular weight is 496 g/mol. The molecule has 0 aliphatic carbocycles. The third-order valence-corrected chi connectivity index (χ3v) is 6.09. The van der Waals surface area contributed by atoms with E-state index in [0.29, 0.717) is 29.7 Å². The minimum absolute atomic E-state index is 0.0225. The standard InChI is InChI=1S/C24H21F5N2O4/c1-22(2)18(12-30(13-32)34-3)20(31-11-14-6-4-5-7-16(14)21(31)33)17-10-15(8-9-19(17)35-22)23(25,26)24(27,28)29/h4-10,13H,11-12H2,1-3H3. The summed E-state index contributed by atoms with van der Waals surface area (Å²) in [5.74, 6) is -5.58. The van der Waals surface area contributed by atoms with Crippen LogP contribution in [0.2, 0.25) is 0 Å². The fraction of sp³-hybridized carbons (Fsp3) is 0.333. The lowest BCUT2D eigenvalue weighted by atomic mass is 9.87. The average Bonchev–Trinajstić information content (AvgIpc) is 3.12. The maximum Gasteiger partial charge on any atom is 0.458 e. The molecule has 6 nitrogen and oxygen atoms in total. The highest BCUT2D eigenvalue weighted by atomic mass is 19.4. The van der Waals surface area contributed by atoms with Crippen molar-refractivity contribution in [1.29, 1.82) is 0 Å². The van der Waals surface area contributed by atoms with Crippen molar-refractivity contribution in [2.75, 3.05) is 13.7 Å². The van der Waals surface area contributed by atoms with Crippen LogP contribution in [0.15, 0.2) is 48.0 Å². The number of hydroxylamine groups is 2. The highest BCUT2D eigenvalue weighted by Gasteiger charge is 2.59. The number of carbonyl (C=O) groups excluding carboxylic acids is 2. The second kappa shape index (κ2) is 8.33. The van der Waals surface area contributed by atoms with Crippen LogP contribution in [0.4, 0.5) is 22.0 Å². The summed E-state index contributed by atoms with van der Waals surface area (Å²) in [6.07, 6.45) is -5.45. The molecule has 2 aliphatic rings. The summed E-state index contributed by atoms with van der Waals surface area (Å²) in [4.78, 5) is 31.1. The quantitative estimate of drug-likeness (QED) is 0.324. The lowest BCUT2D eigenvalue weighted by Gasteiger charge is -2.40. The summed E-state index contributed by atoms with van der Waals surface area (Å²) in [5, 5.41) is 0.896. The van der Waals surface area contributed by atoms with E-state index < -0.39 is 29.2 Å². The van der Waals surface area contributed by atoms with Crippen molar-refractivity contribution in [3.63, 3.8) is 0 Å². The third kappa shape index (κ3) is 4.03. The SMILES string of the molecule is CON(C=O)CC1=C(N2Cc3ccccc3C2=O)c2cc(C(F)(F)C(F)(F)F)ccc2OC1(C)C. The number of benzene rings is 2. The molecular weight excluding hydrogens is 475 g/mol. The number of halogens is 5. The van der Waals surface area contributed by atoms with E-state index in [1.807, 2.05) is 0 Å². The zero-order valence-corrected chi connectivity index (χ0v) is 19.0. The molecule has 0 radical (unpaired) electrons. The van der Waals surface area contributed by atoms with Gasteiger partial charge >= 0.3 is 12.1 Å². The molecule has 0 unspecified atom stereocenters. The van der Waals surface area contributed by atoms with Gasteiger partial charge in [0.05, 0.1) is 25.9 Å². The zero-order valence-electron chi connectivity index (χ0n) is 19.0. The van der Waals surface area contributed by atoms with Gasteiger partial charge in [0, 0.05) is 22.3 Å². The van der Waals surface area contributed by atoms with E-state index in [0.717, 1.165) is 11.1 Å². The number of ether oxygens (including phenoxy) is 1. The number of alkyl halides is 5. The van der Waals surface area contributed by atoms with Crippen molar-refractivity contribution in [3.8, 4) is 5.75 Å². The molecule has 0 bridgehead atoms. The van der Waals surface area contributed by atoms with E-state index in [9.17, 15) is 31.5 Å². The first-order valence-electron chi connectivity index (χ1n) is 10.5. The molecule has 35 heavy (non-hydrogen) atoms. The number of hydrogen-bond acceptors (Lipinski definition) is 4. The van der Waals surface area contributed by atoms with Crippen LogP contribution in [-0.2, 0) is 22.1 Å². The fourth-order valence-corrected chi connectivity index (χ4v) is 4.26. The number of fused-ring (bicyclic) bond motifs is 2. The van der Waals surface area contributed by atoms with Crippen LogP contribution in [0, 0.1) is 0 Å². The van der Waals surface area contributed by atoms with Gasteiger partial charge in [0.2, 0.25) is 6.41 Å². The Kier molecular flexibility index (Phi) is 5.87. The molecule has 11 heteroatoms. The molecule has 0 fully saturated rings. The smallest absolute Gasteiger partial charge is 0.458 e. The molecule has 0 saturated carbocycles. The summed E-state index contributed by atoms with van der Waals surface area (Å²) < 4.78 is 73.9. The number of rotatable bonds is 6. The lowest BCUT2D eigenvalue weighted by molar-refractivity contribution is -0.289. The Balaban J connectivity index is 1.97. The Bertz CT molecular complexity index is 1220. The number of amides is 2. The molecule has 0 saturated heterocycles. The molecule has 0 N–H and O–H groups in total. The molecule has 2 aromatic carbocycles. The van der Waals surface area contributed by atoms with Crippen molar-refractivity contribution in [2.45, 2.75) is 38.1 Å². The van der Waals surface area contributed by atoms with E-state index in [1.54, 1.807) is 38.1 Å². The molecule has 0 aromatic heterocycles. The molecule has 2 heterocycles. The van der Waals surface area contributed by atoms with Crippen molar-refractivity contribution >= 4 is 18.0 Å². The number of nitrogens with zero attached hydrogens (tertiary/aromatic N) is 2. The summed E-state index contributed by atoms with van der Waals surface area (Å²) in [5.41, 5.74) is -1.19. The summed E-state index contributed by atoms with van der Waals surface area (Å²) >= 11 is 0. The highest BCUT2D eigenvalue weighted by Crippen LogP contribution is 2.49. The van der Waals surface area contributed by atoms with Gasteiger partial charge in [-0.3, -0.25) is 14.4 Å². The number of hydrogen-bond donors (Lipinski definition) is 0. The van der Waals surface area contributed by atoms with Gasteiger partial charge in [-0.2, -0.15) is 22.0 Å². The first-order valence-corrected chi connectivity index (χ1v) is 10.5. The van der Waals surface area contributed by atoms with Gasteiger partial charge < -0.3 is 9.64 Å². The normalized spacial score (nSPS) is 17.1. The molecular formula is C24H21F5N2O4. The van der Waals surface area contributed by atoms with Crippen molar-refractivity contribution in [3.05, 3.63) is 70.3 Å². The van der Waals surface area contributed by atoms with Crippen LogP contribution in [0.1, 0.15) is 40.9 Å². The first kappa shape index (κ1) is 24.6. The van der Waals surface area contributed by atoms with Gasteiger partial charge in [0.15, 0.2) is 0 Å². The van der Waals surface area contributed by atoms with E-state index >= 15 is 0 Å². The van der Waals surface area contributed by atoms with Crippen molar-refractivity contribution in [1.82, 2.24) is 9.96 Å². The Morgan fingerprint density at radius 3 is 2.40 bits per heavy atom. The van der Waals surface area contributed by atoms with E-state index in [2.05, 4.69) is 0 Å². The Morgan fingerprint density at radius 1 is 1.11 bits per heavy atom. The minimum atomic E-state index is -5.83. The van der Waals surface area contributed by atoms with Crippen LogP contribution >= 0.6 is 0 Å². The van der Waals surface area contributed by atoms with Gasteiger partial charge in [0.1, 0.15) is 11.4 Å². The molecule has 0 atom stereocenters. The van der Waals surface area contributed by atoms with Gasteiger partial charge in [-0.15, -0.1) is 0 Å². The summed E-state index contributed by atoms with van der Waals surface area (Å²) in [7, 11) is 1.23. The highest BCUT2D eigenvalue weighted by molar-refractivity contribution is 6.04. The maximum atomic E-state index is 14.3. The zero-order chi connectivity index (χ0) is 25.8. The number of carbonyl (C=O) groups is 2. The van der Waals surface area contributed by atoms with Crippen LogP contribution in [0.3, 0.4) is 0 Å². The van der Waals surface area contributed by atoms with Crippen LogP contribution in [0.5, 0.6) is 5.75 Å². The van der Waals surface area contributed by atoms with Crippen LogP contribution in [-0.4, -0.2) is 47.7 Å². The lowest BCUT2D eigenvalue weighted by Crippen LogP contribution is -2.43. The van der Waals surface area contributed by atoms with E-state index in [4.69, 9.17) is 9.57 Å². The van der Waals surface area contributed by atoms with E-state index in [1.165, 1.54) is 12.0 Å². The predicted molar refractivity (Wildman–Crippen MR) is 114 cm³/mol. The van der Waals surface area contributed by atoms with Gasteiger partial charge in [-0.25, -0.2) is 5.06 Å². The molecule has 0 spiro atoms. The predicted octanol–water partition coefficient (Wildman–Crippen LogP) is 4.90. The Morgan fingerprint density at radius 2 is 1.80 bits per heavy atom. The second-order valence-corrected chi connectivity index (χ2v) is 8.63. The van der Waals surface area contributed by atoms with Crippen LogP contribution < -0.4 is 4.74 Å². The maximum absolute atomic E-state index is 14.3. The minimum Gasteiger partial charge on any atom is -0.483 e. The van der Waals surface area contributed by atoms with Gasteiger partial charge in [-0.05, 0) is 43.7 Å². The molecule has 2 aromatic rings. The topological polar surface area (TPSA) is 59.1 Å². The fourth-order valence-electron chi connectivity index (χ4n) is 4.26. The molecule has 2 aliphatic heterocycles. The molecule has 2 amide bonds. The monoisotopic (exact) mass is 496 g/mol. The first-order chi connectivity index (χ1) is 16.3. The van der Waals surface area contributed by atoms with E-state index in [-0.39, 0.29) is 35.7 Å². The van der Waals surface area contributed by atoms with Crippen molar-refractivity contribution in [2.24, 2.45) is 0 Å². The van der Waals surface area contributed by atoms with Gasteiger partial charge in [0.25, 0.3) is 5.91 Å². The Hall–Kier alpha value is -3.47. The van der Waals surface area contributed by atoms with Gasteiger partial charge in [-0.1, -0.05) is 18.2 Å². The third-order valence-electron chi connectivity index (χ3n) is 6.09. The molecule has 186 valence electrons. The van der Waals surface area contributed by atoms with Crippen molar-refractivity contribution < 1.29 is 41.1 Å². The summed E-state index contributed by atoms with van der Waals surface area (Å²) in [6.45, 7) is 3.09. The second-order valence-electron chi connectivity index (χ2n) is 8.63. The van der Waals surface area contributed by atoms with Crippen LogP contribution in [0.25, 0.3) is 5.70 Å².